The molecule has 1 fully saturated rings. The molecule has 0 amide bonds. The van der Waals surface area contributed by atoms with Crippen molar-refractivity contribution in [3.63, 3.8) is 0 Å². The zero-order valence-electron chi connectivity index (χ0n) is 8.56. The molecule has 0 radical (unpaired) electrons. The van der Waals surface area contributed by atoms with Gasteiger partial charge < -0.3 is 5.32 Å². The van der Waals surface area contributed by atoms with E-state index in [4.69, 9.17) is 0 Å². The summed E-state index contributed by atoms with van der Waals surface area (Å²) >= 11 is 0. The molecule has 5 heteroatoms. The SMILES string of the molecule is CC(C)C1CNCCN1CC(F)(F)F. The van der Waals surface area contributed by atoms with Gasteiger partial charge in [0, 0.05) is 25.7 Å². The Hall–Kier alpha value is -0.290. The normalized spacial score (nSPS) is 25.7. The highest BCUT2D eigenvalue weighted by Crippen LogP contribution is 2.21. The Balaban J connectivity index is 2.54. The first-order valence-electron chi connectivity index (χ1n) is 4.91. The monoisotopic (exact) mass is 210 g/mol. The van der Waals surface area contributed by atoms with Crippen LogP contribution in [0.5, 0.6) is 0 Å². The smallest absolute Gasteiger partial charge is 0.314 e. The third-order valence-corrected chi connectivity index (χ3v) is 2.55. The van der Waals surface area contributed by atoms with Crippen LogP contribution in [0.4, 0.5) is 13.2 Å². The molecule has 0 aliphatic carbocycles. The van der Waals surface area contributed by atoms with Crippen LogP contribution in [0.3, 0.4) is 0 Å². The molecule has 0 bridgehead atoms. The third-order valence-electron chi connectivity index (χ3n) is 2.55. The van der Waals surface area contributed by atoms with Crippen molar-refractivity contribution in [3.05, 3.63) is 0 Å². The molecule has 1 N–H and O–H groups in total. The maximum atomic E-state index is 12.2. The van der Waals surface area contributed by atoms with Crippen molar-refractivity contribution in [2.75, 3.05) is 26.2 Å². The van der Waals surface area contributed by atoms with E-state index in [0.29, 0.717) is 19.6 Å². The van der Waals surface area contributed by atoms with Gasteiger partial charge in [-0.3, -0.25) is 4.90 Å². The summed E-state index contributed by atoms with van der Waals surface area (Å²) in [6.45, 7) is 4.94. The van der Waals surface area contributed by atoms with E-state index in [9.17, 15) is 13.2 Å². The van der Waals surface area contributed by atoms with Gasteiger partial charge >= 0.3 is 6.18 Å². The van der Waals surface area contributed by atoms with Crippen molar-refractivity contribution in [1.82, 2.24) is 10.2 Å². The molecule has 0 spiro atoms. The fourth-order valence-electron chi connectivity index (χ4n) is 1.85. The molecule has 84 valence electrons. The molecule has 1 saturated heterocycles. The summed E-state index contributed by atoms with van der Waals surface area (Å²) in [5.74, 6) is 0.255. The maximum absolute atomic E-state index is 12.2. The largest absolute Gasteiger partial charge is 0.401 e. The van der Waals surface area contributed by atoms with E-state index in [-0.39, 0.29) is 12.0 Å². The average molecular weight is 210 g/mol. The van der Waals surface area contributed by atoms with Gasteiger partial charge in [-0.15, -0.1) is 0 Å². The molecule has 1 rings (SSSR count). The molecule has 0 saturated carbocycles. The molecule has 1 heterocycles. The first kappa shape index (κ1) is 11.8. The van der Waals surface area contributed by atoms with E-state index in [1.165, 1.54) is 4.90 Å². The Bertz CT molecular complexity index is 179. The summed E-state index contributed by atoms with van der Waals surface area (Å²) in [7, 11) is 0. The van der Waals surface area contributed by atoms with Crippen LogP contribution < -0.4 is 5.32 Å². The standard InChI is InChI=1S/C9H17F3N2/c1-7(2)8-5-13-3-4-14(8)6-9(10,11)12/h7-8,13H,3-6H2,1-2H3. The van der Waals surface area contributed by atoms with Gasteiger partial charge in [-0.2, -0.15) is 13.2 Å². The molecular formula is C9H17F3N2. The third kappa shape index (κ3) is 3.46. The van der Waals surface area contributed by atoms with E-state index in [0.717, 1.165) is 0 Å². The van der Waals surface area contributed by atoms with E-state index in [2.05, 4.69) is 5.32 Å². The Labute approximate surface area is 82.5 Å². The van der Waals surface area contributed by atoms with Crippen LogP contribution in [0.15, 0.2) is 0 Å². The van der Waals surface area contributed by atoms with Crippen LogP contribution in [0.2, 0.25) is 0 Å². The first-order chi connectivity index (χ1) is 6.40. The zero-order valence-corrected chi connectivity index (χ0v) is 8.56. The Morgan fingerprint density at radius 2 is 2.07 bits per heavy atom. The summed E-state index contributed by atoms with van der Waals surface area (Å²) < 4.78 is 36.6. The molecule has 0 aromatic heterocycles. The number of hydrogen-bond donors (Lipinski definition) is 1. The lowest BCUT2D eigenvalue weighted by atomic mass is 10.0. The lowest BCUT2D eigenvalue weighted by molar-refractivity contribution is -0.154. The molecular weight excluding hydrogens is 193 g/mol. The molecule has 2 nitrogen and oxygen atoms in total. The molecule has 1 aliphatic heterocycles. The average Bonchev–Trinajstić information content (AvgIpc) is 2.01. The Morgan fingerprint density at radius 1 is 1.43 bits per heavy atom. The predicted molar refractivity (Wildman–Crippen MR) is 49.1 cm³/mol. The fourth-order valence-corrected chi connectivity index (χ4v) is 1.85. The quantitative estimate of drug-likeness (QED) is 0.742. The van der Waals surface area contributed by atoms with Crippen LogP contribution in [0.25, 0.3) is 0 Å². The van der Waals surface area contributed by atoms with Crippen LogP contribution in [0.1, 0.15) is 13.8 Å². The first-order valence-corrected chi connectivity index (χ1v) is 4.91. The number of alkyl halides is 3. The molecule has 1 unspecified atom stereocenters. The summed E-state index contributed by atoms with van der Waals surface area (Å²) in [5.41, 5.74) is 0. The van der Waals surface area contributed by atoms with Crippen LogP contribution in [-0.2, 0) is 0 Å². The van der Waals surface area contributed by atoms with Crippen molar-refractivity contribution >= 4 is 0 Å². The van der Waals surface area contributed by atoms with Crippen molar-refractivity contribution in [2.45, 2.75) is 26.1 Å². The molecule has 0 aromatic rings. The maximum Gasteiger partial charge on any atom is 0.401 e. The number of piperazine rings is 1. The van der Waals surface area contributed by atoms with E-state index in [1.54, 1.807) is 0 Å². The Morgan fingerprint density at radius 3 is 2.57 bits per heavy atom. The van der Waals surface area contributed by atoms with E-state index < -0.39 is 12.7 Å². The van der Waals surface area contributed by atoms with Crippen molar-refractivity contribution in [1.29, 1.82) is 0 Å². The number of rotatable bonds is 2. The van der Waals surface area contributed by atoms with Gasteiger partial charge in [-0.25, -0.2) is 0 Å². The van der Waals surface area contributed by atoms with E-state index >= 15 is 0 Å². The number of nitrogens with one attached hydrogen (secondary N) is 1. The molecule has 14 heavy (non-hydrogen) atoms. The van der Waals surface area contributed by atoms with Gasteiger partial charge in [0.25, 0.3) is 0 Å². The molecule has 1 aliphatic rings. The lowest BCUT2D eigenvalue weighted by Gasteiger charge is -2.38. The second-order valence-corrected chi connectivity index (χ2v) is 4.10. The highest BCUT2D eigenvalue weighted by Gasteiger charge is 2.35. The van der Waals surface area contributed by atoms with Gasteiger partial charge in [-0.1, -0.05) is 13.8 Å². The van der Waals surface area contributed by atoms with Gasteiger partial charge in [0.15, 0.2) is 0 Å². The Kier molecular flexibility index (Phi) is 3.78. The van der Waals surface area contributed by atoms with Gasteiger partial charge in [-0.05, 0) is 5.92 Å². The summed E-state index contributed by atoms with van der Waals surface area (Å²) in [6, 6.07) is 0.00498. The predicted octanol–water partition coefficient (Wildman–Crippen LogP) is 1.48. The van der Waals surface area contributed by atoms with E-state index in [1.807, 2.05) is 13.8 Å². The van der Waals surface area contributed by atoms with Crippen LogP contribution >= 0.6 is 0 Å². The summed E-state index contributed by atoms with van der Waals surface area (Å²) in [5, 5.41) is 3.12. The van der Waals surface area contributed by atoms with Gasteiger partial charge in [0.1, 0.15) is 0 Å². The summed E-state index contributed by atoms with van der Waals surface area (Å²) in [4.78, 5) is 1.53. The topological polar surface area (TPSA) is 15.3 Å². The van der Waals surface area contributed by atoms with Crippen LogP contribution in [-0.4, -0.2) is 43.3 Å². The van der Waals surface area contributed by atoms with Gasteiger partial charge in [0.2, 0.25) is 0 Å². The fraction of sp³-hybridized carbons (Fsp3) is 1.00. The van der Waals surface area contributed by atoms with Crippen molar-refractivity contribution in [2.24, 2.45) is 5.92 Å². The van der Waals surface area contributed by atoms with Crippen molar-refractivity contribution in [3.8, 4) is 0 Å². The minimum absolute atomic E-state index is 0.00498. The van der Waals surface area contributed by atoms with Gasteiger partial charge in [0.05, 0.1) is 6.54 Å². The number of halogens is 3. The minimum atomic E-state index is -4.08. The lowest BCUT2D eigenvalue weighted by Crippen LogP contribution is -2.55. The highest BCUT2D eigenvalue weighted by molar-refractivity contribution is 4.83. The van der Waals surface area contributed by atoms with Crippen molar-refractivity contribution < 1.29 is 13.2 Å². The molecule has 0 aromatic carbocycles. The highest BCUT2D eigenvalue weighted by atomic mass is 19.4. The van der Waals surface area contributed by atoms with Crippen LogP contribution in [0, 0.1) is 5.92 Å². The minimum Gasteiger partial charge on any atom is -0.314 e. The zero-order chi connectivity index (χ0) is 10.8. The molecule has 1 atom stereocenters. The summed E-state index contributed by atoms with van der Waals surface area (Å²) in [6.07, 6.45) is -4.08. The second-order valence-electron chi connectivity index (χ2n) is 4.10. The number of hydrogen-bond acceptors (Lipinski definition) is 2. The second kappa shape index (κ2) is 4.49. The number of nitrogens with zero attached hydrogens (tertiary/aromatic N) is 1.